The van der Waals surface area contributed by atoms with Gasteiger partial charge in [0, 0.05) is 18.6 Å². The zero-order chi connectivity index (χ0) is 7.28. The van der Waals surface area contributed by atoms with Gasteiger partial charge in [-0.25, -0.2) is 0 Å². The maximum Gasteiger partial charge on any atom is 0.0586 e. The summed E-state index contributed by atoms with van der Waals surface area (Å²) in [6.07, 6.45) is 0. The first kappa shape index (κ1) is 8.84. The minimum Gasteiger partial charge on any atom is -0.396 e. The second-order valence-electron chi connectivity index (χ2n) is 2.02. The van der Waals surface area contributed by atoms with E-state index in [1.54, 1.807) is 0 Å². The van der Waals surface area contributed by atoms with Crippen molar-refractivity contribution in [2.24, 2.45) is 17.4 Å². The predicted octanol–water partition coefficient (Wildman–Crippen LogP) is -2.13. The first-order valence-electron chi connectivity index (χ1n) is 2.93. The van der Waals surface area contributed by atoms with Crippen molar-refractivity contribution in [2.45, 2.75) is 6.04 Å². The van der Waals surface area contributed by atoms with E-state index in [1.807, 2.05) is 0 Å². The third-order valence-corrected chi connectivity index (χ3v) is 1.35. The smallest absolute Gasteiger partial charge is 0.0586 e. The molecule has 0 heterocycles. The van der Waals surface area contributed by atoms with Crippen LogP contribution in [0.25, 0.3) is 0 Å². The zero-order valence-electron chi connectivity index (χ0n) is 5.33. The van der Waals surface area contributed by atoms with E-state index in [0.29, 0.717) is 6.54 Å². The van der Waals surface area contributed by atoms with Crippen LogP contribution in [0.1, 0.15) is 0 Å². The van der Waals surface area contributed by atoms with Crippen LogP contribution in [0.4, 0.5) is 0 Å². The minimum atomic E-state index is -0.389. The van der Waals surface area contributed by atoms with Gasteiger partial charge in [0.05, 0.1) is 6.61 Å². The van der Waals surface area contributed by atoms with Crippen molar-refractivity contribution in [1.82, 2.24) is 0 Å². The Morgan fingerprint density at radius 3 is 1.89 bits per heavy atom. The number of hydrogen-bond acceptors (Lipinski definition) is 4. The second-order valence-corrected chi connectivity index (χ2v) is 2.02. The molecule has 56 valence electrons. The maximum absolute atomic E-state index is 8.56. The van der Waals surface area contributed by atoms with Gasteiger partial charge in [0.25, 0.3) is 0 Å². The van der Waals surface area contributed by atoms with E-state index in [-0.39, 0.29) is 25.2 Å². The van der Waals surface area contributed by atoms with Gasteiger partial charge in [0.15, 0.2) is 0 Å². The van der Waals surface area contributed by atoms with Crippen molar-refractivity contribution in [3.05, 3.63) is 0 Å². The molecule has 0 rings (SSSR count). The Balaban J connectivity index is 3.50. The molecule has 0 fully saturated rings. The summed E-state index contributed by atoms with van der Waals surface area (Å²) >= 11 is 0. The first-order valence-corrected chi connectivity index (χ1v) is 2.93. The molecule has 0 aromatic heterocycles. The standard InChI is InChI=1S/C5H14N2O2/c6-1-4(2-8)5(7)3-9/h4-5,8-9H,1-3,6-7H2. The summed E-state index contributed by atoms with van der Waals surface area (Å²) in [6.45, 7) is 0.138. The van der Waals surface area contributed by atoms with Gasteiger partial charge in [-0.3, -0.25) is 0 Å². The third-order valence-electron chi connectivity index (χ3n) is 1.35. The van der Waals surface area contributed by atoms with Crippen molar-refractivity contribution >= 4 is 0 Å². The molecule has 0 aromatic carbocycles. The van der Waals surface area contributed by atoms with E-state index >= 15 is 0 Å². The topological polar surface area (TPSA) is 92.5 Å². The molecular weight excluding hydrogens is 120 g/mol. The molecule has 6 N–H and O–H groups in total. The highest BCUT2D eigenvalue weighted by molar-refractivity contribution is 4.71. The molecule has 0 aliphatic heterocycles. The molecule has 0 aromatic rings. The fourth-order valence-electron chi connectivity index (χ4n) is 0.534. The van der Waals surface area contributed by atoms with Crippen LogP contribution in [0.2, 0.25) is 0 Å². The lowest BCUT2D eigenvalue weighted by atomic mass is 10.0. The van der Waals surface area contributed by atoms with Gasteiger partial charge in [-0.1, -0.05) is 0 Å². The molecule has 0 amide bonds. The Kier molecular flexibility index (Phi) is 4.61. The van der Waals surface area contributed by atoms with Crippen LogP contribution in [-0.2, 0) is 0 Å². The normalized spacial score (nSPS) is 17.3. The molecule has 0 radical (unpaired) electrons. The van der Waals surface area contributed by atoms with Crippen molar-refractivity contribution in [2.75, 3.05) is 19.8 Å². The zero-order valence-corrected chi connectivity index (χ0v) is 5.33. The van der Waals surface area contributed by atoms with Gasteiger partial charge >= 0.3 is 0 Å². The Labute approximate surface area is 54.5 Å². The monoisotopic (exact) mass is 134 g/mol. The average Bonchev–Trinajstić information content (AvgIpc) is 1.90. The molecule has 0 saturated heterocycles. The summed E-state index contributed by atoms with van der Waals surface area (Å²) in [5.74, 6) is -0.171. The first-order chi connectivity index (χ1) is 4.26. The third kappa shape index (κ3) is 2.76. The van der Waals surface area contributed by atoms with E-state index in [0.717, 1.165) is 0 Å². The van der Waals surface area contributed by atoms with Gasteiger partial charge in [-0.05, 0) is 6.54 Å². The molecule has 0 spiro atoms. The SMILES string of the molecule is NCC(CO)C(N)CO. The van der Waals surface area contributed by atoms with Gasteiger partial charge in [0.1, 0.15) is 0 Å². The quantitative estimate of drug-likeness (QED) is 0.353. The number of aliphatic hydroxyl groups is 2. The Morgan fingerprint density at radius 2 is 1.78 bits per heavy atom. The van der Waals surface area contributed by atoms with Crippen molar-refractivity contribution in [1.29, 1.82) is 0 Å². The van der Waals surface area contributed by atoms with E-state index in [1.165, 1.54) is 0 Å². The molecule has 0 aliphatic carbocycles. The number of nitrogens with two attached hydrogens (primary N) is 2. The molecule has 0 aliphatic rings. The highest BCUT2D eigenvalue weighted by Crippen LogP contribution is 1.95. The van der Waals surface area contributed by atoms with Crippen LogP contribution in [0.3, 0.4) is 0 Å². The largest absolute Gasteiger partial charge is 0.396 e. The molecule has 4 nitrogen and oxygen atoms in total. The lowest BCUT2D eigenvalue weighted by Crippen LogP contribution is -2.40. The van der Waals surface area contributed by atoms with Crippen molar-refractivity contribution < 1.29 is 10.2 Å². The highest BCUT2D eigenvalue weighted by atomic mass is 16.3. The number of rotatable bonds is 4. The van der Waals surface area contributed by atoms with Crippen LogP contribution in [0.15, 0.2) is 0 Å². The van der Waals surface area contributed by atoms with Crippen molar-refractivity contribution in [3.63, 3.8) is 0 Å². The summed E-state index contributed by atoms with van der Waals surface area (Å²) in [7, 11) is 0. The van der Waals surface area contributed by atoms with Gasteiger partial charge in [-0.15, -0.1) is 0 Å². The summed E-state index contributed by atoms with van der Waals surface area (Å²) in [5, 5.41) is 17.0. The van der Waals surface area contributed by atoms with Crippen LogP contribution in [0, 0.1) is 5.92 Å². The lowest BCUT2D eigenvalue weighted by molar-refractivity contribution is 0.165. The molecule has 0 bridgehead atoms. The fraction of sp³-hybridized carbons (Fsp3) is 1.00. The molecule has 0 saturated carbocycles. The number of aliphatic hydroxyl groups excluding tert-OH is 2. The highest BCUT2D eigenvalue weighted by Gasteiger charge is 2.12. The number of hydrogen-bond donors (Lipinski definition) is 4. The Hall–Kier alpha value is -0.160. The van der Waals surface area contributed by atoms with Gasteiger partial charge < -0.3 is 21.7 Å². The Bertz CT molecular complexity index is 66.0. The van der Waals surface area contributed by atoms with Crippen LogP contribution in [0.5, 0.6) is 0 Å². The van der Waals surface area contributed by atoms with E-state index in [2.05, 4.69) is 0 Å². The summed E-state index contributed by atoms with van der Waals surface area (Å²) in [5.41, 5.74) is 10.6. The molecular formula is C5H14N2O2. The summed E-state index contributed by atoms with van der Waals surface area (Å²) in [4.78, 5) is 0. The van der Waals surface area contributed by atoms with E-state index in [4.69, 9.17) is 21.7 Å². The second kappa shape index (κ2) is 4.69. The van der Waals surface area contributed by atoms with Crippen LogP contribution >= 0.6 is 0 Å². The van der Waals surface area contributed by atoms with E-state index < -0.39 is 0 Å². The molecule has 4 heteroatoms. The van der Waals surface area contributed by atoms with Gasteiger partial charge in [0.2, 0.25) is 0 Å². The Morgan fingerprint density at radius 1 is 1.22 bits per heavy atom. The predicted molar refractivity (Wildman–Crippen MR) is 34.7 cm³/mol. The molecule has 9 heavy (non-hydrogen) atoms. The molecule has 2 unspecified atom stereocenters. The summed E-state index contributed by atoms with van der Waals surface area (Å²) < 4.78 is 0. The van der Waals surface area contributed by atoms with Crippen LogP contribution in [-0.4, -0.2) is 36.0 Å². The van der Waals surface area contributed by atoms with Crippen molar-refractivity contribution in [3.8, 4) is 0 Å². The van der Waals surface area contributed by atoms with E-state index in [9.17, 15) is 0 Å². The van der Waals surface area contributed by atoms with Crippen LogP contribution < -0.4 is 11.5 Å². The lowest BCUT2D eigenvalue weighted by Gasteiger charge is -2.16. The molecule has 2 atom stereocenters. The fourth-order valence-corrected chi connectivity index (χ4v) is 0.534. The minimum absolute atomic E-state index is 0.0573. The summed E-state index contributed by atoms with van der Waals surface area (Å²) in [6, 6.07) is -0.389. The van der Waals surface area contributed by atoms with Gasteiger partial charge in [-0.2, -0.15) is 0 Å². The average molecular weight is 134 g/mol. The maximum atomic E-state index is 8.56.